The largest absolute Gasteiger partial charge is 0.362 e. The fraction of sp³-hybridized carbons (Fsp3) is 0.400. The number of anilines is 3. The van der Waals surface area contributed by atoms with Crippen molar-refractivity contribution >= 4 is 28.6 Å². The molecule has 4 rings (SSSR count). The molecular weight excluding hydrogens is 338 g/mol. The fourth-order valence-corrected chi connectivity index (χ4v) is 3.49. The number of rotatable bonds is 3. The van der Waals surface area contributed by atoms with E-state index in [1.54, 1.807) is 0 Å². The van der Waals surface area contributed by atoms with E-state index in [9.17, 15) is 0 Å². The third-order valence-corrected chi connectivity index (χ3v) is 4.81. The van der Waals surface area contributed by atoms with Gasteiger partial charge in [0.1, 0.15) is 5.82 Å². The van der Waals surface area contributed by atoms with Crippen LogP contribution in [0.15, 0.2) is 30.3 Å². The fourth-order valence-electron chi connectivity index (χ4n) is 3.49. The van der Waals surface area contributed by atoms with Gasteiger partial charge in [-0.15, -0.1) is 0 Å². The zero-order valence-corrected chi connectivity index (χ0v) is 16.3. The summed E-state index contributed by atoms with van der Waals surface area (Å²) in [7, 11) is 4.04. The smallest absolute Gasteiger partial charge is 0.228 e. The molecule has 2 aromatic heterocycles. The Kier molecular flexibility index (Phi) is 4.51. The van der Waals surface area contributed by atoms with Gasteiger partial charge in [-0.05, 0) is 32.0 Å². The predicted molar refractivity (Wildman–Crippen MR) is 110 cm³/mol. The van der Waals surface area contributed by atoms with Gasteiger partial charge < -0.3 is 14.7 Å². The molecule has 3 heterocycles. The number of hydrogen-bond acceptors (Lipinski definition) is 7. The molecule has 0 N–H and O–H groups in total. The van der Waals surface area contributed by atoms with E-state index in [-0.39, 0.29) is 0 Å². The van der Waals surface area contributed by atoms with Gasteiger partial charge in [-0.2, -0.15) is 4.98 Å². The first kappa shape index (κ1) is 17.5. The standard InChI is InChI=1S/C20H25N7/c1-14-13-15(2)22-19(21-14)26-9-11-27(12-10-26)20-23-17-8-6-5-7-16(17)18(24-20)25(3)4/h5-8,13H,9-12H2,1-4H3. The molecule has 0 bridgehead atoms. The highest BCUT2D eigenvalue weighted by atomic mass is 15.4. The molecule has 1 fully saturated rings. The number of piperazine rings is 1. The van der Waals surface area contributed by atoms with E-state index in [4.69, 9.17) is 9.97 Å². The van der Waals surface area contributed by atoms with E-state index in [1.807, 2.05) is 57.1 Å². The monoisotopic (exact) mass is 363 g/mol. The van der Waals surface area contributed by atoms with Gasteiger partial charge in [-0.3, -0.25) is 0 Å². The van der Waals surface area contributed by atoms with Crippen LogP contribution >= 0.6 is 0 Å². The number of fused-ring (bicyclic) bond motifs is 1. The Bertz CT molecular complexity index is 941. The number of aryl methyl sites for hydroxylation is 2. The Morgan fingerprint density at radius 1 is 0.778 bits per heavy atom. The number of hydrogen-bond donors (Lipinski definition) is 0. The first-order valence-corrected chi connectivity index (χ1v) is 9.27. The van der Waals surface area contributed by atoms with Gasteiger partial charge in [0.05, 0.1) is 5.52 Å². The lowest BCUT2D eigenvalue weighted by molar-refractivity contribution is 0.627. The van der Waals surface area contributed by atoms with Gasteiger partial charge in [0, 0.05) is 57.0 Å². The Hall–Kier alpha value is -2.96. The molecule has 0 spiro atoms. The molecule has 0 atom stereocenters. The number of aromatic nitrogens is 4. The topological polar surface area (TPSA) is 61.3 Å². The summed E-state index contributed by atoms with van der Waals surface area (Å²) in [5.41, 5.74) is 2.99. The van der Waals surface area contributed by atoms with Crippen molar-refractivity contribution < 1.29 is 0 Å². The molecule has 1 saturated heterocycles. The third-order valence-electron chi connectivity index (χ3n) is 4.81. The molecule has 7 heteroatoms. The highest BCUT2D eigenvalue weighted by Gasteiger charge is 2.22. The summed E-state index contributed by atoms with van der Waals surface area (Å²) < 4.78 is 0. The lowest BCUT2D eigenvalue weighted by Crippen LogP contribution is -2.47. The van der Waals surface area contributed by atoms with Crippen LogP contribution in [0.3, 0.4) is 0 Å². The highest BCUT2D eigenvalue weighted by Crippen LogP contribution is 2.26. The van der Waals surface area contributed by atoms with Crippen molar-refractivity contribution in [2.45, 2.75) is 13.8 Å². The quantitative estimate of drug-likeness (QED) is 0.708. The minimum Gasteiger partial charge on any atom is -0.362 e. The van der Waals surface area contributed by atoms with Crippen molar-refractivity contribution in [3.63, 3.8) is 0 Å². The molecule has 3 aromatic rings. The van der Waals surface area contributed by atoms with Gasteiger partial charge in [0.2, 0.25) is 11.9 Å². The van der Waals surface area contributed by atoms with Gasteiger partial charge in [0.15, 0.2) is 0 Å². The average Bonchev–Trinajstić information content (AvgIpc) is 2.66. The summed E-state index contributed by atoms with van der Waals surface area (Å²) in [6.07, 6.45) is 0. The van der Waals surface area contributed by atoms with Crippen LogP contribution in [0.2, 0.25) is 0 Å². The Morgan fingerprint density at radius 3 is 1.93 bits per heavy atom. The first-order chi connectivity index (χ1) is 13.0. The van der Waals surface area contributed by atoms with Crippen molar-refractivity contribution in [2.24, 2.45) is 0 Å². The van der Waals surface area contributed by atoms with Crippen LogP contribution in [0, 0.1) is 13.8 Å². The summed E-state index contributed by atoms with van der Waals surface area (Å²) in [5, 5.41) is 1.08. The Labute approximate surface area is 159 Å². The molecule has 0 amide bonds. The zero-order chi connectivity index (χ0) is 19.0. The first-order valence-electron chi connectivity index (χ1n) is 9.27. The summed E-state index contributed by atoms with van der Waals surface area (Å²) in [6.45, 7) is 7.44. The molecule has 7 nitrogen and oxygen atoms in total. The summed E-state index contributed by atoms with van der Waals surface area (Å²) in [6, 6.07) is 10.2. The minimum atomic E-state index is 0.790. The van der Waals surface area contributed by atoms with Crippen molar-refractivity contribution in [3.8, 4) is 0 Å². The van der Waals surface area contributed by atoms with Crippen LogP contribution in [-0.2, 0) is 0 Å². The molecule has 0 saturated carbocycles. The third kappa shape index (κ3) is 3.49. The van der Waals surface area contributed by atoms with E-state index in [0.29, 0.717) is 0 Å². The minimum absolute atomic E-state index is 0.790. The number of nitrogens with zero attached hydrogens (tertiary/aromatic N) is 7. The molecule has 0 unspecified atom stereocenters. The van der Waals surface area contributed by atoms with Gasteiger partial charge in [-0.25, -0.2) is 15.0 Å². The molecule has 0 aliphatic carbocycles. The lowest BCUT2D eigenvalue weighted by Gasteiger charge is -2.35. The average molecular weight is 363 g/mol. The molecule has 1 aliphatic heterocycles. The maximum atomic E-state index is 4.84. The predicted octanol–water partition coefficient (Wildman–Crippen LogP) is 2.43. The van der Waals surface area contributed by atoms with Crippen molar-refractivity contribution in [2.75, 3.05) is 55.0 Å². The van der Waals surface area contributed by atoms with E-state index in [0.717, 1.165) is 66.2 Å². The molecule has 27 heavy (non-hydrogen) atoms. The summed E-state index contributed by atoms with van der Waals surface area (Å²) >= 11 is 0. The normalized spacial score (nSPS) is 14.7. The second-order valence-corrected chi connectivity index (χ2v) is 7.18. The van der Waals surface area contributed by atoms with Crippen molar-refractivity contribution in [1.29, 1.82) is 0 Å². The van der Waals surface area contributed by atoms with Crippen LogP contribution in [-0.4, -0.2) is 60.2 Å². The van der Waals surface area contributed by atoms with E-state index in [1.165, 1.54) is 0 Å². The molecule has 1 aliphatic rings. The summed E-state index contributed by atoms with van der Waals surface area (Å²) in [4.78, 5) is 25.4. The van der Waals surface area contributed by atoms with Crippen LogP contribution in [0.4, 0.5) is 17.7 Å². The van der Waals surface area contributed by atoms with Crippen LogP contribution in [0.1, 0.15) is 11.4 Å². The lowest BCUT2D eigenvalue weighted by atomic mass is 10.2. The maximum absolute atomic E-state index is 4.84. The maximum Gasteiger partial charge on any atom is 0.228 e. The van der Waals surface area contributed by atoms with E-state index in [2.05, 4.69) is 25.8 Å². The second-order valence-electron chi connectivity index (χ2n) is 7.18. The molecule has 1 aromatic carbocycles. The summed E-state index contributed by atoms with van der Waals surface area (Å²) in [5.74, 6) is 2.56. The molecule has 140 valence electrons. The Balaban J connectivity index is 1.57. The second kappa shape index (κ2) is 6.98. The van der Waals surface area contributed by atoms with Crippen LogP contribution in [0.25, 0.3) is 10.9 Å². The SMILES string of the molecule is Cc1cc(C)nc(N2CCN(c3nc(N(C)C)c4ccccc4n3)CC2)n1. The molecule has 0 radical (unpaired) electrons. The number of benzene rings is 1. The van der Waals surface area contributed by atoms with Crippen LogP contribution in [0.5, 0.6) is 0 Å². The highest BCUT2D eigenvalue weighted by molar-refractivity contribution is 5.90. The van der Waals surface area contributed by atoms with Gasteiger partial charge in [-0.1, -0.05) is 12.1 Å². The van der Waals surface area contributed by atoms with Gasteiger partial charge in [0.25, 0.3) is 0 Å². The van der Waals surface area contributed by atoms with Gasteiger partial charge >= 0.3 is 0 Å². The van der Waals surface area contributed by atoms with E-state index < -0.39 is 0 Å². The van der Waals surface area contributed by atoms with Crippen molar-refractivity contribution in [3.05, 3.63) is 41.7 Å². The van der Waals surface area contributed by atoms with Crippen LogP contribution < -0.4 is 14.7 Å². The molecular formula is C20H25N7. The van der Waals surface area contributed by atoms with Crippen molar-refractivity contribution in [1.82, 2.24) is 19.9 Å². The number of para-hydroxylation sites is 1. The van der Waals surface area contributed by atoms with E-state index >= 15 is 0 Å². The Morgan fingerprint density at radius 2 is 1.33 bits per heavy atom. The zero-order valence-electron chi connectivity index (χ0n) is 16.3.